The Balaban J connectivity index is 1.14. The first kappa shape index (κ1) is 28.2. The molecule has 3 fully saturated rings. The van der Waals surface area contributed by atoms with Crippen molar-refractivity contribution < 1.29 is 19.4 Å². The predicted molar refractivity (Wildman–Crippen MR) is 162 cm³/mol. The lowest BCUT2D eigenvalue weighted by molar-refractivity contribution is -0.144. The van der Waals surface area contributed by atoms with Crippen LogP contribution in [0.1, 0.15) is 52.7 Å². The number of thiazole rings is 1. The molecule has 3 heterocycles. The van der Waals surface area contributed by atoms with Gasteiger partial charge in [0.1, 0.15) is 12.4 Å². The minimum atomic E-state index is -0.656. The van der Waals surface area contributed by atoms with Crippen LogP contribution in [0, 0.1) is 48.9 Å². The van der Waals surface area contributed by atoms with Gasteiger partial charge in [0, 0.05) is 48.6 Å². The van der Waals surface area contributed by atoms with Crippen LogP contribution in [0.3, 0.4) is 0 Å². The molecule has 1 N–H and O–H groups in total. The molecule has 3 aromatic rings. The molecular weight excluding hydrogens is 548 g/mol. The molecule has 9 heteroatoms. The number of hydrogen-bond donors (Lipinski definition) is 1. The van der Waals surface area contributed by atoms with E-state index in [9.17, 15) is 14.7 Å². The Kier molecular flexibility index (Phi) is 7.91. The molecule has 3 aliphatic rings. The summed E-state index contributed by atoms with van der Waals surface area (Å²) in [6.45, 7) is 7.15. The number of nitrogens with zero attached hydrogens (tertiary/aromatic N) is 4. The molecule has 2 aliphatic heterocycles. The van der Waals surface area contributed by atoms with Gasteiger partial charge in [-0.15, -0.1) is 11.3 Å². The van der Waals surface area contributed by atoms with Crippen LogP contribution in [0.2, 0.25) is 0 Å². The van der Waals surface area contributed by atoms with Gasteiger partial charge in [-0.25, -0.2) is 4.98 Å². The molecular formula is C33H36N4O4S. The highest BCUT2D eigenvalue weighted by atomic mass is 32.1. The number of anilines is 1. The number of likely N-dealkylation sites (tertiary alicyclic amines) is 1. The average Bonchev–Trinajstić information content (AvgIpc) is 3.59. The third-order valence-electron chi connectivity index (χ3n) is 9.23. The monoisotopic (exact) mass is 584 g/mol. The Morgan fingerprint density at radius 1 is 1.07 bits per heavy atom. The van der Waals surface area contributed by atoms with Crippen LogP contribution in [0.15, 0.2) is 41.8 Å². The normalized spacial score (nSPS) is 22.2. The fraction of sp³-hybridized carbons (Fsp3) is 0.455. The van der Waals surface area contributed by atoms with Gasteiger partial charge >= 0.3 is 5.97 Å². The highest BCUT2D eigenvalue weighted by Crippen LogP contribution is 2.44. The molecule has 3 atom stereocenters. The lowest BCUT2D eigenvalue weighted by Gasteiger charge is -2.35. The molecule has 0 radical (unpaired) electrons. The number of carbonyl (C=O) groups excluding carboxylic acids is 1. The van der Waals surface area contributed by atoms with E-state index >= 15 is 0 Å². The first-order valence-corrected chi connectivity index (χ1v) is 15.6. The summed E-state index contributed by atoms with van der Waals surface area (Å²) in [5.74, 6) is 0.305. The number of carboxylic acid groups (broad SMARTS) is 1. The van der Waals surface area contributed by atoms with E-state index in [1.165, 1.54) is 0 Å². The summed E-state index contributed by atoms with van der Waals surface area (Å²) in [6, 6.07) is 14.2. The van der Waals surface area contributed by atoms with Crippen molar-refractivity contribution >= 4 is 28.3 Å². The number of carbonyl (C=O) groups is 2. The van der Waals surface area contributed by atoms with E-state index in [-0.39, 0.29) is 29.6 Å². The number of aliphatic carboxylic acids is 1. The zero-order chi connectivity index (χ0) is 29.4. The summed E-state index contributed by atoms with van der Waals surface area (Å²) < 4.78 is 6.35. The molecule has 2 aromatic carbocycles. The van der Waals surface area contributed by atoms with E-state index in [0.29, 0.717) is 25.3 Å². The quantitative estimate of drug-likeness (QED) is 0.367. The van der Waals surface area contributed by atoms with Crippen LogP contribution in [-0.2, 0) is 11.4 Å². The Bertz CT molecular complexity index is 1520. The molecule has 8 nitrogen and oxygen atoms in total. The van der Waals surface area contributed by atoms with Crippen LogP contribution >= 0.6 is 11.3 Å². The lowest BCUT2D eigenvalue weighted by Crippen LogP contribution is -2.44. The molecule has 1 amide bonds. The van der Waals surface area contributed by atoms with E-state index in [1.54, 1.807) is 11.3 Å². The van der Waals surface area contributed by atoms with Gasteiger partial charge in [0.15, 0.2) is 5.13 Å². The molecule has 2 bridgehead atoms. The summed E-state index contributed by atoms with van der Waals surface area (Å²) in [6.07, 6.45) is 3.41. The van der Waals surface area contributed by atoms with Crippen molar-refractivity contribution in [2.24, 2.45) is 23.7 Å². The summed E-state index contributed by atoms with van der Waals surface area (Å²) in [7, 11) is 0. The SMILES string of the molecule is Cc1ccc(OCc2ccc(C(=O)N3CCC(C#N)CC3)cc2C)c(-c2csc(N3CC4CC[C@@H](C3)[C@H]4C(=O)O)n2)c1. The highest BCUT2D eigenvalue weighted by Gasteiger charge is 2.46. The molecule has 0 spiro atoms. The maximum absolute atomic E-state index is 13.0. The average molecular weight is 585 g/mol. The Labute approximate surface area is 250 Å². The van der Waals surface area contributed by atoms with Crippen molar-refractivity contribution in [1.82, 2.24) is 9.88 Å². The smallest absolute Gasteiger partial charge is 0.307 e. The highest BCUT2D eigenvalue weighted by molar-refractivity contribution is 7.14. The number of benzene rings is 2. The molecule has 6 rings (SSSR count). The van der Waals surface area contributed by atoms with Gasteiger partial charge in [0.05, 0.1) is 17.7 Å². The Morgan fingerprint density at radius 3 is 2.48 bits per heavy atom. The van der Waals surface area contributed by atoms with Crippen LogP contribution in [0.25, 0.3) is 11.3 Å². The number of aromatic nitrogens is 1. The van der Waals surface area contributed by atoms with E-state index in [2.05, 4.69) is 29.3 Å². The zero-order valence-electron chi connectivity index (χ0n) is 24.1. The number of ether oxygens (including phenoxy) is 1. The second kappa shape index (κ2) is 11.8. The van der Waals surface area contributed by atoms with Crippen molar-refractivity contribution in [2.75, 3.05) is 31.1 Å². The van der Waals surface area contributed by atoms with Crippen molar-refractivity contribution in [3.8, 4) is 23.1 Å². The largest absolute Gasteiger partial charge is 0.488 e. The van der Waals surface area contributed by atoms with Gasteiger partial charge in [-0.3, -0.25) is 9.59 Å². The van der Waals surface area contributed by atoms with Gasteiger partial charge in [-0.1, -0.05) is 17.7 Å². The number of nitriles is 1. The molecule has 218 valence electrons. The Morgan fingerprint density at radius 2 is 1.81 bits per heavy atom. The Hall–Kier alpha value is -3.90. The predicted octanol–water partition coefficient (Wildman–Crippen LogP) is 5.93. The van der Waals surface area contributed by atoms with E-state index in [4.69, 9.17) is 15.0 Å². The maximum atomic E-state index is 13.0. The maximum Gasteiger partial charge on any atom is 0.307 e. The molecule has 1 aliphatic carbocycles. The fourth-order valence-electron chi connectivity index (χ4n) is 6.83. The van der Waals surface area contributed by atoms with Gasteiger partial charge in [0.25, 0.3) is 5.91 Å². The number of carboxylic acids is 1. The molecule has 1 saturated carbocycles. The summed E-state index contributed by atoms with van der Waals surface area (Å²) in [5.41, 5.74) is 5.59. The van der Waals surface area contributed by atoms with Gasteiger partial charge < -0.3 is 19.6 Å². The molecule has 2 saturated heterocycles. The number of amides is 1. The first-order chi connectivity index (χ1) is 20.3. The van der Waals surface area contributed by atoms with E-state index < -0.39 is 5.97 Å². The fourth-order valence-corrected chi connectivity index (χ4v) is 7.67. The van der Waals surface area contributed by atoms with E-state index in [0.717, 1.165) is 77.6 Å². The number of fused-ring (bicyclic) bond motifs is 2. The van der Waals surface area contributed by atoms with Gasteiger partial charge in [-0.2, -0.15) is 5.26 Å². The van der Waals surface area contributed by atoms with Crippen molar-refractivity contribution in [1.29, 1.82) is 5.26 Å². The molecule has 1 unspecified atom stereocenters. The topological polar surface area (TPSA) is 107 Å². The van der Waals surface area contributed by atoms with Crippen LogP contribution in [0.5, 0.6) is 5.75 Å². The van der Waals surface area contributed by atoms with E-state index in [1.807, 2.05) is 42.2 Å². The molecule has 1 aromatic heterocycles. The number of piperidine rings is 2. The van der Waals surface area contributed by atoms with Crippen molar-refractivity contribution in [3.63, 3.8) is 0 Å². The van der Waals surface area contributed by atoms with Gasteiger partial charge in [-0.05, 0) is 86.8 Å². The van der Waals surface area contributed by atoms with Crippen LogP contribution in [-0.4, -0.2) is 53.0 Å². The zero-order valence-corrected chi connectivity index (χ0v) is 24.9. The number of rotatable bonds is 7. The molecule has 42 heavy (non-hydrogen) atoms. The minimum absolute atomic E-state index is 0.0160. The minimum Gasteiger partial charge on any atom is -0.488 e. The van der Waals surface area contributed by atoms with Crippen LogP contribution in [0.4, 0.5) is 5.13 Å². The second-order valence-corrected chi connectivity index (χ2v) is 12.8. The van der Waals surface area contributed by atoms with Crippen LogP contribution < -0.4 is 9.64 Å². The third kappa shape index (κ3) is 5.60. The number of hydrogen-bond acceptors (Lipinski definition) is 7. The second-order valence-electron chi connectivity index (χ2n) is 12.0. The lowest BCUT2D eigenvalue weighted by atomic mass is 9.85. The summed E-state index contributed by atoms with van der Waals surface area (Å²) in [4.78, 5) is 33.9. The van der Waals surface area contributed by atoms with Gasteiger partial charge in [0.2, 0.25) is 0 Å². The van der Waals surface area contributed by atoms with Crippen molar-refractivity contribution in [3.05, 3.63) is 64.0 Å². The number of aryl methyl sites for hydroxylation is 2. The first-order valence-electron chi connectivity index (χ1n) is 14.8. The van der Waals surface area contributed by atoms with Crippen molar-refractivity contribution in [2.45, 2.75) is 46.1 Å². The summed E-state index contributed by atoms with van der Waals surface area (Å²) in [5, 5.41) is 21.8. The third-order valence-corrected chi connectivity index (χ3v) is 10.1. The summed E-state index contributed by atoms with van der Waals surface area (Å²) >= 11 is 1.60. The standard InChI is InChI=1S/C33H36N4O4S/c1-20-3-8-29(41-18-26-7-4-23(14-21(26)2)31(38)36-11-9-22(15-34)10-12-36)27(13-20)28-19-42-33(35-28)37-16-24-5-6-25(17-37)30(24)32(39)40/h3-4,7-8,13-14,19,22,24-25,30H,5-6,9-12,16-18H2,1-2H3,(H,39,40)/t24-,25?,30+/m0/s1.